The number of benzene rings is 2. The molecule has 0 bridgehead atoms. The molecule has 0 unspecified atom stereocenters. The van der Waals surface area contributed by atoms with Crippen LogP contribution in [-0.4, -0.2) is 47.4 Å². The summed E-state index contributed by atoms with van der Waals surface area (Å²) in [5.74, 6) is 2.04. The first-order chi connectivity index (χ1) is 14.8. The Labute approximate surface area is 178 Å². The summed E-state index contributed by atoms with van der Waals surface area (Å²) in [5.41, 5.74) is 4.95. The summed E-state index contributed by atoms with van der Waals surface area (Å²) in [4.78, 5) is 7.80. The molecule has 0 saturated carbocycles. The minimum atomic E-state index is 0.621. The SMILES string of the molecule is COc1ccc(Cc2nc(-c3ccccc3)c3n2CCN(C2CCOCC2)C3)cc1. The van der Waals surface area contributed by atoms with Gasteiger partial charge in [-0.2, -0.15) is 0 Å². The normalized spacial score (nSPS) is 17.6. The van der Waals surface area contributed by atoms with E-state index in [1.165, 1.54) is 16.8 Å². The highest BCUT2D eigenvalue weighted by Gasteiger charge is 2.29. The van der Waals surface area contributed by atoms with Gasteiger partial charge in [0.1, 0.15) is 11.6 Å². The Morgan fingerprint density at radius 2 is 1.77 bits per heavy atom. The van der Waals surface area contributed by atoms with Crippen molar-refractivity contribution >= 4 is 0 Å². The van der Waals surface area contributed by atoms with Gasteiger partial charge in [-0.05, 0) is 30.5 Å². The predicted molar refractivity (Wildman–Crippen MR) is 118 cm³/mol. The Balaban J connectivity index is 1.47. The van der Waals surface area contributed by atoms with Crippen LogP contribution in [0.1, 0.15) is 29.9 Å². The molecule has 1 aromatic heterocycles. The van der Waals surface area contributed by atoms with E-state index in [4.69, 9.17) is 14.5 Å². The van der Waals surface area contributed by atoms with Gasteiger partial charge in [-0.3, -0.25) is 4.90 Å². The second-order valence-corrected chi connectivity index (χ2v) is 8.18. The highest BCUT2D eigenvalue weighted by atomic mass is 16.5. The highest BCUT2D eigenvalue weighted by Crippen LogP contribution is 2.31. The van der Waals surface area contributed by atoms with Crippen molar-refractivity contribution in [1.82, 2.24) is 14.5 Å². The van der Waals surface area contributed by atoms with Crippen molar-refractivity contribution < 1.29 is 9.47 Å². The maximum atomic E-state index is 5.59. The molecule has 2 aliphatic heterocycles. The van der Waals surface area contributed by atoms with Crippen LogP contribution in [0.4, 0.5) is 0 Å². The fraction of sp³-hybridized carbons (Fsp3) is 0.400. The lowest BCUT2D eigenvalue weighted by Gasteiger charge is -2.37. The average Bonchev–Trinajstić information content (AvgIpc) is 3.18. The monoisotopic (exact) mass is 403 g/mol. The summed E-state index contributed by atoms with van der Waals surface area (Å²) in [7, 11) is 1.70. The van der Waals surface area contributed by atoms with Crippen LogP contribution in [0.5, 0.6) is 5.75 Å². The van der Waals surface area contributed by atoms with Crippen molar-refractivity contribution in [3.63, 3.8) is 0 Å². The van der Waals surface area contributed by atoms with Gasteiger partial charge in [-0.1, -0.05) is 42.5 Å². The molecular formula is C25H29N3O2. The fourth-order valence-electron chi connectivity index (χ4n) is 4.71. The van der Waals surface area contributed by atoms with Crippen LogP contribution in [0.25, 0.3) is 11.3 Å². The Morgan fingerprint density at radius 3 is 2.50 bits per heavy atom. The third-order valence-electron chi connectivity index (χ3n) is 6.39. The van der Waals surface area contributed by atoms with E-state index in [2.05, 4.69) is 51.9 Å². The molecule has 5 rings (SSSR count). The van der Waals surface area contributed by atoms with E-state index in [1.54, 1.807) is 7.11 Å². The van der Waals surface area contributed by atoms with Crippen LogP contribution < -0.4 is 4.74 Å². The molecule has 5 nitrogen and oxygen atoms in total. The molecule has 1 saturated heterocycles. The van der Waals surface area contributed by atoms with Gasteiger partial charge in [0, 0.05) is 50.9 Å². The van der Waals surface area contributed by atoms with Crippen LogP contribution >= 0.6 is 0 Å². The maximum Gasteiger partial charge on any atom is 0.118 e. The van der Waals surface area contributed by atoms with Crippen molar-refractivity contribution in [3.8, 4) is 17.0 Å². The van der Waals surface area contributed by atoms with E-state index in [-0.39, 0.29) is 0 Å². The minimum Gasteiger partial charge on any atom is -0.497 e. The summed E-state index contributed by atoms with van der Waals surface area (Å²) in [6.45, 7) is 4.81. The number of ether oxygens (including phenoxy) is 2. The Morgan fingerprint density at radius 1 is 1.00 bits per heavy atom. The molecule has 1 fully saturated rings. The average molecular weight is 404 g/mol. The molecule has 0 aliphatic carbocycles. The van der Waals surface area contributed by atoms with Gasteiger partial charge >= 0.3 is 0 Å². The summed E-state index contributed by atoms with van der Waals surface area (Å²) in [5, 5.41) is 0. The first-order valence-corrected chi connectivity index (χ1v) is 10.9. The summed E-state index contributed by atoms with van der Waals surface area (Å²) in [6, 6.07) is 19.6. The number of nitrogens with zero attached hydrogens (tertiary/aromatic N) is 3. The molecule has 2 aromatic carbocycles. The van der Waals surface area contributed by atoms with Crippen LogP contribution in [0.2, 0.25) is 0 Å². The fourth-order valence-corrected chi connectivity index (χ4v) is 4.71. The van der Waals surface area contributed by atoms with Crippen LogP contribution in [-0.2, 0) is 24.2 Å². The number of hydrogen-bond acceptors (Lipinski definition) is 4. The molecular weight excluding hydrogens is 374 g/mol. The van der Waals surface area contributed by atoms with Gasteiger partial charge in [0.2, 0.25) is 0 Å². The lowest BCUT2D eigenvalue weighted by Crippen LogP contribution is -2.44. The highest BCUT2D eigenvalue weighted by molar-refractivity contribution is 5.62. The van der Waals surface area contributed by atoms with Gasteiger partial charge in [0.15, 0.2) is 0 Å². The van der Waals surface area contributed by atoms with E-state index in [0.29, 0.717) is 6.04 Å². The Bertz CT molecular complexity index is 976. The third kappa shape index (κ3) is 3.87. The summed E-state index contributed by atoms with van der Waals surface area (Å²) in [6.07, 6.45) is 3.10. The first-order valence-electron chi connectivity index (χ1n) is 10.9. The largest absolute Gasteiger partial charge is 0.497 e. The molecule has 3 heterocycles. The van der Waals surface area contributed by atoms with E-state index in [0.717, 1.165) is 69.4 Å². The molecule has 0 amide bonds. The Hall–Kier alpha value is -2.63. The topological polar surface area (TPSA) is 39.5 Å². The minimum absolute atomic E-state index is 0.621. The number of imidazole rings is 1. The zero-order chi connectivity index (χ0) is 20.3. The van der Waals surface area contributed by atoms with Gasteiger partial charge < -0.3 is 14.0 Å². The zero-order valence-electron chi connectivity index (χ0n) is 17.6. The summed E-state index contributed by atoms with van der Waals surface area (Å²) >= 11 is 0. The van der Waals surface area contributed by atoms with E-state index < -0.39 is 0 Å². The molecule has 30 heavy (non-hydrogen) atoms. The second-order valence-electron chi connectivity index (χ2n) is 8.18. The lowest BCUT2D eigenvalue weighted by atomic mass is 10.0. The number of methoxy groups -OCH3 is 1. The third-order valence-corrected chi connectivity index (χ3v) is 6.39. The van der Waals surface area contributed by atoms with Crippen molar-refractivity contribution in [1.29, 1.82) is 0 Å². The number of hydrogen-bond donors (Lipinski definition) is 0. The Kier molecular flexibility index (Phi) is 5.56. The predicted octanol–water partition coefficient (Wildman–Crippen LogP) is 4.14. The standard InChI is InChI=1S/C25H29N3O2/c1-29-22-9-7-19(8-10-22)17-24-26-25(20-5-3-2-4-6-20)23-18-27(13-14-28(23)24)21-11-15-30-16-12-21/h2-10,21H,11-18H2,1H3. The quantitative estimate of drug-likeness (QED) is 0.642. The van der Waals surface area contributed by atoms with Crippen LogP contribution in [0, 0.1) is 0 Å². The zero-order valence-corrected chi connectivity index (χ0v) is 17.6. The van der Waals surface area contributed by atoms with Crippen LogP contribution in [0.3, 0.4) is 0 Å². The molecule has 0 N–H and O–H groups in total. The van der Waals surface area contributed by atoms with Gasteiger partial charge in [-0.15, -0.1) is 0 Å². The molecule has 0 spiro atoms. The number of fused-ring (bicyclic) bond motifs is 1. The van der Waals surface area contributed by atoms with Gasteiger partial charge in [-0.25, -0.2) is 4.98 Å². The van der Waals surface area contributed by atoms with Crippen molar-refractivity contribution in [3.05, 3.63) is 71.7 Å². The lowest BCUT2D eigenvalue weighted by molar-refractivity contribution is 0.0242. The van der Waals surface area contributed by atoms with E-state index in [1.807, 2.05) is 12.1 Å². The molecule has 0 radical (unpaired) electrons. The number of aromatic nitrogens is 2. The van der Waals surface area contributed by atoms with Crippen molar-refractivity contribution in [2.75, 3.05) is 26.9 Å². The smallest absolute Gasteiger partial charge is 0.118 e. The van der Waals surface area contributed by atoms with Crippen molar-refractivity contribution in [2.45, 2.75) is 38.4 Å². The summed E-state index contributed by atoms with van der Waals surface area (Å²) < 4.78 is 13.4. The molecule has 156 valence electrons. The molecule has 2 aliphatic rings. The van der Waals surface area contributed by atoms with Gasteiger partial charge in [0.25, 0.3) is 0 Å². The van der Waals surface area contributed by atoms with Gasteiger partial charge in [0.05, 0.1) is 18.5 Å². The first kappa shape index (κ1) is 19.3. The molecule has 5 heteroatoms. The second kappa shape index (κ2) is 8.62. The van der Waals surface area contributed by atoms with E-state index in [9.17, 15) is 0 Å². The number of rotatable bonds is 5. The van der Waals surface area contributed by atoms with Crippen LogP contribution in [0.15, 0.2) is 54.6 Å². The maximum absolute atomic E-state index is 5.59. The molecule has 3 aromatic rings. The van der Waals surface area contributed by atoms with E-state index >= 15 is 0 Å². The van der Waals surface area contributed by atoms with Crippen molar-refractivity contribution in [2.24, 2.45) is 0 Å². The molecule has 0 atom stereocenters.